The Kier molecular flexibility index (Phi) is 5.21. The van der Waals surface area contributed by atoms with Crippen LogP contribution in [0.3, 0.4) is 0 Å². The summed E-state index contributed by atoms with van der Waals surface area (Å²) in [4.78, 5) is 11.6. The SMILES string of the molecule is CC(C)(C)OC(=O)C(Br)c1cc(F)ccc1C1CCC(C)(C)O1. The van der Waals surface area contributed by atoms with Crippen LogP contribution in [-0.4, -0.2) is 17.2 Å². The molecule has 1 aromatic rings. The smallest absolute Gasteiger partial charge is 0.324 e. The predicted molar refractivity (Wildman–Crippen MR) is 91.1 cm³/mol. The Morgan fingerprint density at radius 1 is 1.43 bits per heavy atom. The summed E-state index contributed by atoms with van der Waals surface area (Å²) in [6.45, 7) is 9.49. The van der Waals surface area contributed by atoms with Gasteiger partial charge in [0.25, 0.3) is 0 Å². The number of carbonyl (C=O) groups excluding carboxylic acids is 1. The second-order valence-electron chi connectivity index (χ2n) is 7.57. The molecule has 128 valence electrons. The van der Waals surface area contributed by atoms with E-state index in [0.29, 0.717) is 5.56 Å². The number of carbonyl (C=O) groups is 1. The normalized spacial score (nSPS) is 22.0. The van der Waals surface area contributed by atoms with E-state index in [2.05, 4.69) is 15.9 Å². The van der Waals surface area contributed by atoms with Crippen molar-refractivity contribution in [3.63, 3.8) is 0 Å². The minimum absolute atomic E-state index is 0.136. The minimum atomic E-state index is -0.722. The number of alkyl halides is 1. The van der Waals surface area contributed by atoms with E-state index < -0.39 is 16.4 Å². The van der Waals surface area contributed by atoms with Crippen molar-refractivity contribution in [2.24, 2.45) is 0 Å². The lowest BCUT2D eigenvalue weighted by molar-refractivity contribution is -0.154. The highest BCUT2D eigenvalue weighted by atomic mass is 79.9. The van der Waals surface area contributed by atoms with Gasteiger partial charge in [-0.15, -0.1) is 0 Å². The fraction of sp³-hybridized carbons (Fsp3) is 0.611. The van der Waals surface area contributed by atoms with E-state index in [1.165, 1.54) is 12.1 Å². The van der Waals surface area contributed by atoms with Gasteiger partial charge in [0, 0.05) is 0 Å². The fourth-order valence-electron chi connectivity index (χ4n) is 2.74. The number of hydrogen-bond acceptors (Lipinski definition) is 3. The maximum Gasteiger partial charge on any atom is 0.324 e. The zero-order valence-electron chi connectivity index (χ0n) is 14.3. The Labute approximate surface area is 145 Å². The Morgan fingerprint density at radius 2 is 2.09 bits per heavy atom. The summed E-state index contributed by atoms with van der Waals surface area (Å²) in [6, 6.07) is 4.49. The van der Waals surface area contributed by atoms with Gasteiger partial charge in [0.1, 0.15) is 16.2 Å². The van der Waals surface area contributed by atoms with Crippen molar-refractivity contribution in [3.8, 4) is 0 Å². The highest BCUT2D eigenvalue weighted by molar-refractivity contribution is 9.09. The first-order valence-electron chi connectivity index (χ1n) is 7.83. The van der Waals surface area contributed by atoms with E-state index >= 15 is 0 Å². The Balaban J connectivity index is 2.30. The van der Waals surface area contributed by atoms with Crippen LogP contribution in [0.15, 0.2) is 18.2 Å². The molecule has 0 amide bonds. The molecule has 2 rings (SSSR count). The van der Waals surface area contributed by atoms with Gasteiger partial charge in [-0.1, -0.05) is 22.0 Å². The first-order chi connectivity index (χ1) is 10.5. The lowest BCUT2D eigenvalue weighted by Gasteiger charge is -2.25. The van der Waals surface area contributed by atoms with Gasteiger partial charge in [-0.3, -0.25) is 4.79 Å². The second kappa shape index (κ2) is 6.52. The Morgan fingerprint density at radius 3 is 2.61 bits per heavy atom. The van der Waals surface area contributed by atoms with Crippen LogP contribution in [0.5, 0.6) is 0 Å². The minimum Gasteiger partial charge on any atom is -0.459 e. The molecule has 0 aliphatic carbocycles. The first-order valence-corrected chi connectivity index (χ1v) is 8.74. The van der Waals surface area contributed by atoms with Crippen molar-refractivity contribution >= 4 is 21.9 Å². The zero-order chi connectivity index (χ0) is 17.4. The number of esters is 1. The summed E-state index contributed by atoms with van der Waals surface area (Å²) < 4.78 is 25.2. The third-order valence-electron chi connectivity index (χ3n) is 3.75. The molecule has 3 nitrogen and oxygen atoms in total. The van der Waals surface area contributed by atoms with Crippen molar-refractivity contribution in [1.29, 1.82) is 0 Å². The van der Waals surface area contributed by atoms with Gasteiger partial charge in [0.05, 0.1) is 11.7 Å². The summed E-state index contributed by atoms with van der Waals surface area (Å²) in [5.41, 5.74) is 0.610. The highest BCUT2D eigenvalue weighted by Crippen LogP contribution is 2.42. The van der Waals surface area contributed by atoms with Gasteiger partial charge in [0.2, 0.25) is 0 Å². The number of ether oxygens (including phenoxy) is 2. The van der Waals surface area contributed by atoms with Crippen molar-refractivity contribution < 1.29 is 18.7 Å². The molecule has 23 heavy (non-hydrogen) atoms. The molecular formula is C18H24BrFO3. The number of halogens is 2. The molecule has 0 N–H and O–H groups in total. The molecule has 5 heteroatoms. The lowest BCUT2D eigenvalue weighted by Crippen LogP contribution is -2.26. The maximum atomic E-state index is 13.7. The van der Waals surface area contributed by atoms with Gasteiger partial charge in [-0.2, -0.15) is 0 Å². The molecule has 1 aliphatic rings. The zero-order valence-corrected chi connectivity index (χ0v) is 15.9. The van der Waals surface area contributed by atoms with E-state index in [4.69, 9.17) is 9.47 Å². The van der Waals surface area contributed by atoms with E-state index in [1.807, 2.05) is 13.8 Å². The predicted octanol–water partition coefficient (Wildman–Crippen LogP) is 5.23. The van der Waals surface area contributed by atoms with Gasteiger partial charge in [-0.05, 0) is 70.7 Å². The summed E-state index contributed by atoms with van der Waals surface area (Å²) in [5, 5.41) is 0. The van der Waals surface area contributed by atoms with Gasteiger partial charge >= 0.3 is 5.97 Å². The third kappa shape index (κ3) is 4.77. The summed E-state index contributed by atoms with van der Waals surface area (Å²) in [5.74, 6) is -0.810. The van der Waals surface area contributed by atoms with Gasteiger partial charge in [0.15, 0.2) is 0 Å². The largest absolute Gasteiger partial charge is 0.459 e. The van der Waals surface area contributed by atoms with Crippen LogP contribution in [0.1, 0.15) is 69.5 Å². The van der Waals surface area contributed by atoms with Crippen LogP contribution < -0.4 is 0 Å². The van der Waals surface area contributed by atoms with E-state index in [-0.39, 0.29) is 17.5 Å². The van der Waals surface area contributed by atoms with Crippen molar-refractivity contribution in [1.82, 2.24) is 0 Å². The lowest BCUT2D eigenvalue weighted by atomic mass is 9.97. The molecule has 1 aromatic carbocycles. The summed E-state index contributed by atoms with van der Waals surface area (Å²) in [7, 11) is 0. The topological polar surface area (TPSA) is 35.5 Å². The number of rotatable bonds is 3. The van der Waals surface area contributed by atoms with Crippen LogP contribution >= 0.6 is 15.9 Å². The molecule has 1 saturated heterocycles. The average Bonchev–Trinajstić information content (AvgIpc) is 2.76. The van der Waals surface area contributed by atoms with Crippen LogP contribution in [0, 0.1) is 5.82 Å². The van der Waals surface area contributed by atoms with Crippen molar-refractivity contribution in [2.45, 2.75) is 69.6 Å². The van der Waals surface area contributed by atoms with Crippen molar-refractivity contribution in [2.75, 3.05) is 0 Å². The van der Waals surface area contributed by atoms with E-state index in [1.54, 1.807) is 26.8 Å². The number of hydrogen-bond donors (Lipinski definition) is 0. The van der Waals surface area contributed by atoms with E-state index in [9.17, 15) is 9.18 Å². The molecule has 1 aliphatic heterocycles. The summed E-state index contributed by atoms with van der Waals surface area (Å²) in [6.07, 6.45) is 1.64. The summed E-state index contributed by atoms with van der Waals surface area (Å²) >= 11 is 3.37. The molecule has 0 aromatic heterocycles. The molecule has 0 saturated carbocycles. The first kappa shape index (κ1) is 18.4. The molecule has 0 spiro atoms. The Bertz CT molecular complexity index is 592. The third-order valence-corrected chi connectivity index (χ3v) is 4.62. The molecule has 1 heterocycles. The number of benzene rings is 1. The van der Waals surface area contributed by atoms with Crippen LogP contribution in [-0.2, 0) is 14.3 Å². The fourth-order valence-corrected chi connectivity index (χ4v) is 3.23. The molecule has 2 unspecified atom stereocenters. The monoisotopic (exact) mass is 386 g/mol. The quantitative estimate of drug-likeness (QED) is 0.526. The molecule has 2 atom stereocenters. The van der Waals surface area contributed by atoms with Gasteiger partial charge < -0.3 is 9.47 Å². The average molecular weight is 387 g/mol. The highest BCUT2D eigenvalue weighted by Gasteiger charge is 2.36. The van der Waals surface area contributed by atoms with Crippen LogP contribution in [0.2, 0.25) is 0 Å². The molecule has 1 fully saturated rings. The van der Waals surface area contributed by atoms with Crippen LogP contribution in [0.25, 0.3) is 0 Å². The van der Waals surface area contributed by atoms with Gasteiger partial charge in [-0.25, -0.2) is 4.39 Å². The molecular weight excluding hydrogens is 363 g/mol. The maximum absolute atomic E-state index is 13.7. The Hall–Kier alpha value is -0.940. The van der Waals surface area contributed by atoms with Crippen molar-refractivity contribution in [3.05, 3.63) is 35.1 Å². The van der Waals surface area contributed by atoms with Crippen LogP contribution in [0.4, 0.5) is 4.39 Å². The molecule has 0 bridgehead atoms. The second-order valence-corrected chi connectivity index (χ2v) is 8.49. The molecule has 0 radical (unpaired) electrons. The standard InChI is InChI=1S/C18H24BrFO3/c1-17(2,3)23-16(21)15(19)13-10-11(20)6-7-12(13)14-8-9-18(4,5)22-14/h6-7,10,14-15H,8-9H2,1-5H3. The van der Waals surface area contributed by atoms with E-state index in [0.717, 1.165) is 18.4 Å².